The minimum Gasteiger partial charge on any atom is -0.351 e. The van der Waals surface area contributed by atoms with Crippen LogP contribution < -0.4 is 5.32 Å². The summed E-state index contributed by atoms with van der Waals surface area (Å²) in [6.45, 7) is 6.04. The average Bonchev–Trinajstić information content (AvgIpc) is 3.05. The lowest BCUT2D eigenvalue weighted by molar-refractivity contribution is -0.131. The van der Waals surface area contributed by atoms with Crippen molar-refractivity contribution in [3.05, 3.63) is 16.1 Å². The maximum absolute atomic E-state index is 12.3. The van der Waals surface area contributed by atoms with Crippen molar-refractivity contribution >= 4 is 34.8 Å². The Labute approximate surface area is 153 Å². The Bertz CT molecular complexity index is 508. The van der Waals surface area contributed by atoms with Crippen LogP contribution in [-0.4, -0.2) is 40.7 Å². The van der Waals surface area contributed by atoms with E-state index in [0.29, 0.717) is 37.5 Å². The topological polar surface area (TPSA) is 62.3 Å². The molecule has 1 aromatic rings. The highest BCUT2D eigenvalue weighted by Crippen LogP contribution is 2.14. The van der Waals surface area contributed by atoms with Gasteiger partial charge in [0.2, 0.25) is 5.91 Å². The molecule has 0 atom stereocenters. The molecule has 0 bridgehead atoms. The molecule has 5 nitrogen and oxygen atoms in total. The maximum Gasteiger partial charge on any atom is 0.270 e. The van der Waals surface area contributed by atoms with Crippen molar-refractivity contribution in [2.75, 3.05) is 19.0 Å². The van der Waals surface area contributed by atoms with Gasteiger partial charge in [0.05, 0.1) is 6.54 Å². The molecular weight excluding hydrogens is 346 g/mol. The molecule has 0 spiro atoms. The maximum atomic E-state index is 12.3. The van der Waals surface area contributed by atoms with Gasteiger partial charge in [-0.3, -0.25) is 9.59 Å². The highest BCUT2D eigenvalue weighted by molar-refractivity contribution is 7.09. The molecule has 0 aliphatic rings. The minimum absolute atomic E-state index is 0.105. The van der Waals surface area contributed by atoms with Gasteiger partial charge in [0.25, 0.3) is 5.91 Å². The van der Waals surface area contributed by atoms with E-state index >= 15 is 0 Å². The van der Waals surface area contributed by atoms with E-state index in [-0.39, 0.29) is 11.8 Å². The second-order valence-corrected chi connectivity index (χ2v) is 7.02. The SMILES string of the molecule is CCCCNC(=O)c1csc(CN(CCCC)C(=O)CCCCl)n1. The number of alkyl halides is 1. The molecule has 0 radical (unpaired) electrons. The number of halogens is 1. The first-order valence-electron chi connectivity index (χ1n) is 8.68. The smallest absolute Gasteiger partial charge is 0.270 e. The van der Waals surface area contributed by atoms with Crippen LogP contribution in [0.1, 0.15) is 67.9 Å². The van der Waals surface area contributed by atoms with Gasteiger partial charge in [0.1, 0.15) is 10.7 Å². The van der Waals surface area contributed by atoms with Gasteiger partial charge < -0.3 is 10.2 Å². The molecule has 136 valence electrons. The first kappa shape index (κ1) is 20.9. The van der Waals surface area contributed by atoms with Crippen molar-refractivity contribution < 1.29 is 9.59 Å². The van der Waals surface area contributed by atoms with Gasteiger partial charge in [-0.25, -0.2) is 4.98 Å². The van der Waals surface area contributed by atoms with E-state index in [2.05, 4.69) is 24.1 Å². The summed E-state index contributed by atoms with van der Waals surface area (Å²) in [5.74, 6) is 0.458. The van der Waals surface area contributed by atoms with Crippen LogP contribution in [0.4, 0.5) is 0 Å². The van der Waals surface area contributed by atoms with E-state index in [1.165, 1.54) is 11.3 Å². The largest absolute Gasteiger partial charge is 0.351 e. The molecule has 0 saturated carbocycles. The summed E-state index contributed by atoms with van der Waals surface area (Å²) in [5.41, 5.74) is 0.440. The van der Waals surface area contributed by atoms with Gasteiger partial charge in [-0.1, -0.05) is 26.7 Å². The number of aromatic nitrogens is 1. The van der Waals surface area contributed by atoms with Crippen LogP contribution in [0.2, 0.25) is 0 Å². The second kappa shape index (κ2) is 12.3. The van der Waals surface area contributed by atoms with E-state index in [1.807, 2.05) is 4.90 Å². The molecule has 1 N–H and O–H groups in total. The standard InChI is InChI=1S/C17H28ClN3O2S/c1-3-5-10-19-17(23)14-13-24-15(20-14)12-21(11-6-4-2)16(22)8-7-9-18/h13H,3-12H2,1-2H3,(H,19,23). The predicted molar refractivity (Wildman–Crippen MR) is 99.6 cm³/mol. The monoisotopic (exact) mass is 373 g/mol. The van der Waals surface area contributed by atoms with Crippen LogP contribution >= 0.6 is 22.9 Å². The first-order valence-corrected chi connectivity index (χ1v) is 10.1. The predicted octanol–water partition coefficient (Wildman–Crippen LogP) is 3.82. The van der Waals surface area contributed by atoms with Crippen LogP contribution in [0.25, 0.3) is 0 Å². The zero-order chi connectivity index (χ0) is 17.8. The van der Waals surface area contributed by atoms with Crippen LogP contribution in [0, 0.1) is 0 Å². The van der Waals surface area contributed by atoms with Crippen LogP contribution in [-0.2, 0) is 11.3 Å². The number of carbonyl (C=O) groups is 2. The van der Waals surface area contributed by atoms with Crippen molar-refractivity contribution in [3.63, 3.8) is 0 Å². The molecule has 1 heterocycles. The Morgan fingerprint density at radius 3 is 2.67 bits per heavy atom. The molecule has 2 amide bonds. The van der Waals surface area contributed by atoms with Crippen molar-refractivity contribution in [2.45, 2.75) is 58.9 Å². The molecule has 0 aliphatic carbocycles. The summed E-state index contributed by atoms with van der Waals surface area (Å²) >= 11 is 7.11. The van der Waals surface area contributed by atoms with E-state index in [1.54, 1.807) is 5.38 Å². The normalized spacial score (nSPS) is 10.6. The fraction of sp³-hybridized carbons (Fsp3) is 0.706. The third-order valence-corrected chi connectivity index (χ3v) is 4.69. The summed E-state index contributed by atoms with van der Waals surface area (Å²) in [6, 6.07) is 0. The van der Waals surface area contributed by atoms with Crippen LogP contribution in [0.3, 0.4) is 0 Å². The average molecular weight is 374 g/mol. The Kier molecular flexibility index (Phi) is 10.7. The van der Waals surface area contributed by atoms with Crippen molar-refractivity contribution in [2.24, 2.45) is 0 Å². The fourth-order valence-corrected chi connectivity index (χ4v) is 3.06. The zero-order valence-corrected chi connectivity index (χ0v) is 16.2. The Morgan fingerprint density at radius 2 is 2.00 bits per heavy atom. The minimum atomic E-state index is -0.139. The number of amides is 2. The molecule has 0 fully saturated rings. The summed E-state index contributed by atoms with van der Waals surface area (Å²) < 4.78 is 0. The van der Waals surface area contributed by atoms with Gasteiger partial charge in [-0.2, -0.15) is 0 Å². The lowest BCUT2D eigenvalue weighted by atomic mass is 10.2. The van der Waals surface area contributed by atoms with E-state index < -0.39 is 0 Å². The molecule has 0 aromatic carbocycles. The van der Waals surface area contributed by atoms with Crippen LogP contribution in [0.15, 0.2) is 5.38 Å². The van der Waals surface area contributed by atoms with E-state index in [4.69, 9.17) is 11.6 Å². The zero-order valence-electron chi connectivity index (χ0n) is 14.6. The number of nitrogens with zero attached hydrogens (tertiary/aromatic N) is 2. The van der Waals surface area contributed by atoms with E-state index in [9.17, 15) is 9.59 Å². The molecule has 0 saturated heterocycles. The van der Waals surface area contributed by atoms with Gasteiger partial charge in [0, 0.05) is 30.8 Å². The molecule has 7 heteroatoms. The third-order valence-electron chi connectivity index (χ3n) is 3.58. The summed E-state index contributed by atoms with van der Waals surface area (Å²) in [4.78, 5) is 30.5. The quantitative estimate of drug-likeness (QED) is 0.447. The fourth-order valence-electron chi connectivity index (χ4n) is 2.14. The summed E-state index contributed by atoms with van der Waals surface area (Å²) in [5, 5.41) is 5.42. The lowest BCUT2D eigenvalue weighted by Crippen LogP contribution is -2.31. The van der Waals surface area contributed by atoms with Gasteiger partial charge >= 0.3 is 0 Å². The lowest BCUT2D eigenvalue weighted by Gasteiger charge is -2.21. The third kappa shape index (κ3) is 7.62. The van der Waals surface area contributed by atoms with Crippen molar-refractivity contribution in [3.8, 4) is 0 Å². The Balaban J connectivity index is 2.62. The number of carbonyl (C=O) groups excluding carboxylic acids is 2. The Morgan fingerprint density at radius 1 is 1.25 bits per heavy atom. The number of nitrogens with one attached hydrogen (secondary N) is 1. The molecule has 1 rings (SSSR count). The first-order chi connectivity index (χ1) is 11.6. The number of thiazole rings is 1. The number of hydrogen-bond acceptors (Lipinski definition) is 4. The summed E-state index contributed by atoms with van der Waals surface area (Å²) in [7, 11) is 0. The number of rotatable bonds is 12. The molecule has 1 aromatic heterocycles. The van der Waals surface area contributed by atoms with Gasteiger partial charge in [0.15, 0.2) is 0 Å². The van der Waals surface area contributed by atoms with Gasteiger partial charge in [-0.05, 0) is 19.3 Å². The van der Waals surface area contributed by atoms with Crippen LogP contribution in [0.5, 0.6) is 0 Å². The molecule has 24 heavy (non-hydrogen) atoms. The van der Waals surface area contributed by atoms with Gasteiger partial charge in [-0.15, -0.1) is 22.9 Å². The van der Waals surface area contributed by atoms with E-state index in [0.717, 1.165) is 37.2 Å². The second-order valence-electron chi connectivity index (χ2n) is 5.70. The molecule has 0 aliphatic heterocycles. The summed E-state index contributed by atoms with van der Waals surface area (Å²) in [6.07, 6.45) is 5.14. The number of hydrogen-bond donors (Lipinski definition) is 1. The highest BCUT2D eigenvalue weighted by Gasteiger charge is 2.16. The number of unbranched alkanes of at least 4 members (excludes halogenated alkanes) is 2. The highest BCUT2D eigenvalue weighted by atomic mass is 35.5. The van der Waals surface area contributed by atoms with Crippen molar-refractivity contribution in [1.29, 1.82) is 0 Å². The molecular formula is C17H28ClN3O2S. The molecule has 0 unspecified atom stereocenters. The Hall–Kier alpha value is -1.14. The van der Waals surface area contributed by atoms with Crippen molar-refractivity contribution in [1.82, 2.24) is 15.2 Å².